The first-order chi connectivity index (χ1) is 8.24. The lowest BCUT2D eigenvalue weighted by Gasteiger charge is -2.39. The molecule has 0 amide bonds. The first kappa shape index (κ1) is 15.6. The zero-order valence-corrected chi connectivity index (χ0v) is 11.2. The highest BCUT2D eigenvalue weighted by atomic mass is 31.2. The van der Waals surface area contributed by atoms with Crippen LogP contribution in [0.25, 0.3) is 0 Å². The van der Waals surface area contributed by atoms with E-state index in [1.54, 1.807) is 0 Å². The smallest absolute Gasteiger partial charge is 0.372 e. The molecule has 0 aromatic rings. The summed E-state index contributed by atoms with van der Waals surface area (Å²) in [5, 5.41) is 19.3. The molecule has 0 bridgehead atoms. The van der Waals surface area contributed by atoms with E-state index in [9.17, 15) is 24.3 Å². The van der Waals surface area contributed by atoms with Crippen LogP contribution >= 0.6 is 7.60 Å². The van der Waals surface area contributed by atoms with Crippen molar-refractivity contribution < 1.29 is 29.4 Å². The lowest BCUT2D eigenvalue weighted by molar-refractivity contribution is -0.150. The van der Waals surface area contributed by atoms with Crippen molar-refractivity contribution in [3.8, 4) is 0 Å². The molecule has 18 heavy (non-hydrogen) atoms. The normalized spacial score (nSPS) is 25.0. The molecule has 1 rings (SSSR count). The summed E-state index contributed by atoms with van der Waals surface area (Å²) in [6, 6.07) is -1.03. The molecule has 2 unspecified atom stereocenters. The number of likely N-dealkylation sites (tertiary alicyclic amines) is 1. The lowest BCUT2D eigenvalue weighted by atomic mass is 10.2. The summed E-state index contributed by atoms with van der Waals surface area (Å²) in [5.41, 5.74) is -2.36. The molecule has 2 atom stereocenters. The Morgan fingerprint density at radius 1 is 1.50 bits per heavy atom. The van der Waals surface area contributed by atoms with Crippen LogP contribution in [-0.2, 0) is 9.36 Å². The number of aliphatic hydroxyl groups is 1. The SMILES string of the molecule is CCCCC(O)(N1CCCC1C(=O)O)P(=O)(O)O. The fraction of sp³-hybridized carbons (Fsp3) is 0.900. The second-order valence-corrected chi connectivity index (χ2v) is 6.42. The minimum atomic E-state index is -4.83. The highest BCUT2D eigenvalue weighted by molar-refractivity contribution is 7.53. The number of rotatable bonds is 6. The van der Waals surface area contributed by atoms with Crippen molar-refractivity contribution in [3.05, 3.63) is 0 Å². The van der Waals surface area contributed by atoms with Crippen LogP contribution in [0.1, 0.15) is 39.0 Å². The molecular formula is C10H20NO6P. The zero-order chi connectivity index (χ0) is 14.0. The number of unbranched alkanes of at least 4 members (excludes halogenated alkanes) is 1. The number of carboxylic acids is 1. The summed E-state index contributed by atoms with van der Waals surface area (Å²) in [4.78, 5) is 30.8. The molecule has 0 aromatic heterocycles. The van der Waals surface area contributed by atoms with Crippen molar-refractivity contribution in [2.45, 2.75) is 50.5 Å². The molecule has 1 heterocycles. The molecule has 4 N–H and O–H groups in total. The van der Waals surface area contributed by atoms with Gasteiger partial charge in [-0.15, -0.1) is 0 Å². The molecule has 0 saturated carbocycles. The first-order valence-electron chi connectivity index (χ1n) is 6.01. The Hall–Kier alpha value is -0.460. The van der Waals surface area contributed by atoms with Gasteiger partial charge in [0.15, 0.2) is 0 Å². The van der Waals surface area contributed by atoms with Crippen LogP contribution in [0, 0.1) is 0 Å². The average molecular weight is 281 g/mol. The van der Waals surface area contributed by atoms with E-state index in [-0.39, 0.29) is 13.0 Å². The molecule has 0 aliphatic carbocycles. The van der Waals surface area contributed by atoms with Crippen LogP contribution in [0.2, 0.25) is 0 Å². The van der Waals surface area contributed by atoms with Gasteiger partial charge in [0.1, 0.15) is 6.04 Å². The Labute approximate surface area is 106 Å². The third kappa shape index (κ3) is 2.92. The van der Waals surface area contributed by atoms with E-state index in [0.717, 1.165) is 4.90 Å². The van der Waals surface area contributed by atoms with E-state index in [1.807, 2.05) is 6.92 Å². The van der Waals surface area contributed by atoms with Crippen LogP contribution in [0.3, 0.4) is 0 Å². The monoisotopic (exact) mass is 281 g/mol. The van der Waals surface area contributed by atoms with E-state index in [2.05, 4.69) is 0 Å². The summed E-state index contributed by atoms with van der Waals surface area (Å²) in [5.74, 6) is -1.16. The summed E-state index contributed by atoms with van der Waals surface area (Å²) < 4.78 is 11.5. The summed E-state index contributed by atoms with van der Waals surface area (Å²) in [6.07, 6.45) is 1.76. The second-order valence-electron chi connectivity index (χ2n) is 4.61. The molecule has 106 valence electrons. The fourth-order valence-electron chi connectivity index (χ4n) is 2.32. The van der Waals surface area contributed by atoms with Gasteiger partial charge in [-0.1, -0.05) is 13.3 Å². The predicted octanol–water partition coefficient (Wildman–Crippen LogP) is 0.549. The van der Waals surface area contributed by atoms with Crippen molar-refractivity contribution in [1.82, 2.24) is 4.90 Å². The molecular weight excluding hydrogens is 261 g/mol. The Balaban J connectivity index is 3.03. The zero-order valence-electron chi connectivity index (χ0n) is 10.3. The Kier molecular flexibility index (Phi) is 4.91. The van der Waals surface area contributed by atoms with E-state index < -0.39 is 25.1 Å². The number of carboxylic acid groups (broad SMARTS) is 1. The van der Waals surface area contributed by atoms with Gasteiger partial charge in [-0.2, -0.15) is 0 Å². The van der Waals surface area contributed by atoms with Crippen LogP contribution < -0.4 is 0 Å². The van der Waals surface area contributed by atoms with Crippen molar-refractivity contribution in [3.63, 3.8) is 0 Å². The largest absolute Gasteiger partial charge is 0.480 e. The maximum Gasteiger partial charge on any atom is 0.372 e. The van der Waals surface area contributed by atoms with Crippen molar-refractivity contribution in [2.24, 2.45) is 0 Å². The van der Waals surface area contributed by atoms with Crippen LogP contribution in [0.4, 0.5) is 0 Å². The molecule has 1 aliphatic rings. The third-order valence-corrected chi connectivity index (χ3v) is 4.74. The van der Waals surface area contributed by atoms with Crippen molar-refractivity contribution in [2.75, 3.05) is 6.54 Å². The van der Waals surface area contributed by atoms with Crippen molar-refractivity contribution >= 4 is 13.6 Å². The molecule has 0 spiro atoms. The Bertz CT molecular complexity index is 356. The topological polar surface area (TPSA) is 118 Å². The van der Waals surface area contributed by atoms with Crippen LogP contribution in [-0.4, -0.2) is 48.9 Å². The fourth-order valence-corrected chi connectivity index (χ4v) is 3.35. The third-order valence-electron chi connectivity index (χ3n) is 3.33. The molecule has 7 nitrogen and oxygen atoms in total. The molecule has 1 saturated heterocycles. The standard InChI is InChI=1S/C10H20NO6P/c1-2-3-6-10(14,18(15,16)17)11-7-4-5-8(11)9(12)13/h8,14H,2-7H2,1H3,(H,12,13)(H2,15,16,17). The lowest BCUT2D eigenvalue weighted by Crippen LogP contribution is -2.53. The Morgan fingerprint density at radius 3 is 2.56 bits per heavy atom. The molecule has 1 aliphatic heterocycles. The number of nitrogens with zero attached hydrogens (tertiary/aromatic N) is 1. The van der Waals surface area contributed by atoms with Crippen LogP contribution in [0.5, 0.6) is 0 Å². The maximum atomic E-state index is 11.5. The molecule has 8 heteroatoms. The van der Waals surface area contributed by atoms with Gasteiger partial charge in [0.25, 0.3) is 0 Å². The van der Waals surface area contributed by atoms with Gasteiger partial charge < -0.3 is 20.0 Å². The summed E-state index contributed by atoms with van der Waals surface area (Å²) in [6.45, 7) is 2.01. The number of hydrogen-bond acceptors (Lipinski definition) is 4. The molecule has 1 fully saturated rings. The minimum absolute atomic E-state index is 0.127. The summed E-state index contributed by atoms with van der Waals surface area (Å²) in [7, 11) is -4.83. The van der Waals surface area contributed by atoms with E-state index in [0.29, 0.717) is 25.7 Å². The first-order valence-corrected chi connectivity index (χ1v) is 7.63. The highest BCUT2D eigenvalue weighted by Crippen LogP contribution is 2.55. The van der Waals surface area contributed by atoms with Gasteiger partial charge >= 0.3 is 13.6 Å². The van der Waals surface area contributed by atoms with E-state index in [4.69, 9.17) is 5.11 Å². The van der Waals surface area contributed by atoms with Gasteiger partial charge in [-0.05, 0) is 19.3 Å². The average Bonchev–Trinajstić information content (AvgIpc) is 2.73. The highest BCUT2D eigenvalue weighted by Gasteiger charge is 2.54. The molecule has 0 aromatic carbocycles. The predicted molar refractivity (Wildman–Crippen MR) is 63.9 cm³/mol. The number of aliphatic carboxylic acids is 1. The van der Waals surface area contributed by atoms with Gasteiger partial charge in [0, 0.05) is 13.0 Å². The van der Waals surface area contributed by atoms with Gasteiger partial charge in [0.05, 0.1) is 0 Å². The van der Waals surface area contributed by atoms with Crippen molar-refractivity contribution in [1.29, 1.82) is 0 Å². The van der Waals surface area contributed by atoms with Gasteiger partial charge in [0.2, 0.25) is 5.47 Å². The number of hydrogen-bond donors (Lipinski definition) is 4. The minimum Gasteiger partial charge on any atom is -0.480 e. The van der Waals surface area contributed by atoms with Gasteiger partial charge in [-0.25, -0.2) is 0 Å². The second kappa shape index (κ2) is 5.67. The van der Waals surface area contributed by atoms with E-state index >= 15 is 0 Å². The molecule has 0 radical (unpaired) electrons. The van der Waals surface area contributed by atoms with Gasteiger partial charge in [-0.3, -0.25) is 14.3 Å². The number of carbonyl (C=O) groups is 1. The quantitative estimate of drug-likeness (QED) is 0.525. The Morgan fingerprint density at radius 2 is 2.11 bits per heavy atom. The van der Waals surface area contributed by atoms with E-state index in [1.165, 1.54) is 0 Å². The maximum absolute atomic E-state index is 11.5. The summed E-state index contributed by atoms with van der Waals surface area (Å²) >= 11 is 0. The van der Waals surface area contributed by atoms with Crippen LogP contribution in [0.15, 0.2) is 0 Å².